The van der Waals surface area contributed by atoms with Gasteiger partial charge in [0.1, 0.15) is 6.10 Å². The van der Waals surface area contributed by atoms with Gasteiger partial charge < -0.3 is 15.0 Å². The summed E-state index contributed by atoms with van der Waals surface area (Å²) in [6.45, 7) is 7.48. The zero-order chi connectivity index (χ0) is 12.3. The van der Waals surface area contributed by atoms with Crippen LogP contribution in [0.25, 0.3) is 0 Å². The van der Waals surface area contributed by atoms with Gasteiger partial charge in [0.2, 0.25) is 0 Å². The smallest absolute Gasteiger partial charge is 0.253 e. The average Bonchev–Trinajstić information content (AvgIpc) is 3.14. The van der Waals surface area contributed by atoms with Crippen molar-refractivity contribution in [2.24, 2.45) is 5.92 Å². The fraction of sp³-hybridized carbons (Fsp3) is 0.923. The first-order chi connectivity index (χ1) is 8.18. The minimum absolute atomic E-state index is 0. The number of hydrogen-bond acceptors (Lipinski definition) is 3. The van der Waals surface area contributed by atoms with E-state index in [0.29, 0.717) is 25.1 Å². The van der Waals surface area contributed by atoms with Crippen LogP contribution in [0.5, 0.6) is 0 Å². The number of nitrogens with one attached hydrogen (secondary N) is 1. The summed E-state index contributed by atoms with van der Waals surface area (Å²) < 4.78 is 5.55. The molecule has 0 aromatic carbocycles. The molecule has 4 nitrogen and oxygen atoms in total. The molecule has 106 valence electrons. The predicted molar refractivity (Wildman–Crippen MR) is 74.0 cm³/mol. The highest BCUT2D eigenvalue weighted by Gasteiger charge is 2.36. The number of hydrogen-bond donors (Lipinski definition) is 1. The number of carbonyl (C=O) groups excluding carboxylic acids is 1. The molecule has 1 amide bonds. The van der Waals surface area contributed by atoms with Gasteiger partial charge in [-0.15, -0.1) is 12.4 Å². The molecule has 18 heavy (non-hydrogen) atoms. The van der Waals surface area contributed by atoms with Gasteiger partial charge in [0.15, 0.2) is 0 Å². The summed E-state index contributed by atoms with van der Waals surface area (Å²) in [5.41, 5.74) is 0. The van der Waals surface area contributed by atoms with E-state index in [4.69, 9.17) is 4.74 Å². The topological polar surface area (TPSA) is 41.6 Å². The van der Waals surface area contributed by atoms with E-state index in [9.17, 15) is 4.79 Å². The summed E-state index contributed by atoms with van der Waals surface area (Å²) in [6, 6.07) is 0.492. The van der Waals surface area contributed by atoms with Crippen molar-refractivity contribution in [2.75, 3.05) is 26.2 Å². The van der Waals surface area contributed by atoms with E-state index in [1.54, 1.807) is 0 Å². The van der Waals surface area contributed by atoms with Crippen molar-refractivity contribution in [3.63, 3.8) is 0 Å². The standard InChI is InChI=1S/C13H24N2O2.ClH/c1-10(2)5-7-15(11-3-4-11)13(16)12-9-14-6-8-17-12;/h10-12,14H,3-9H2,1-2H3;1H. The molecule has 1 N–H and O–H groups in total. The third-order valence-corrected chi connectivity index (χ3v) is 3.42. The zero-order valence-corrected chi connectivity index (χ0v) is 12.2. The molecule has 2 aliphatic rings. The van der Waals surface area contributed by atoms with Gasteiger partial charge >= 0.3 is 0 Å². The van der Waals surface area contributed by atoms with E-state index in [2.05, 4.69) is 24.1 Å². The van der Waals surface area contributed by atoms with Crippen LogP contribution < -0.4 is 5.32 Å². The lowest BCUT2D eigenvalue weighted by Gasteiger charge is -2.30. The summed E-state index contributed by atoms with van der Waals surface area (Å²) in [5.74, 6) is 0.842. The third-order valence-electron chi connectivity index (χ3n) is 3.42. The van der Waals surface area contributed by atoms with Gasteiger partial charge in [0.25, 0.3) is 5.91 Å². The van der Waals surface area contributed by atoms with E-state index in [1.807, 2.05) is 0 Å². The van der Waals surface area contributed by atoms with Crippen molar-refractivity contribution < 1.29 is 9.53 Å². The molecule has 0 aromatic rings. The molecular formula is C13H25ClN2O2. The normalized spacial score (nSPS) is 23.6. The molecule has 1 saturated heterocycles. The number of amides is 1. The van der Waals surface area contributed by atoms with Crippen molar-refractivity contribution in [1.29, 1.82) is 0 Å². The third kappa shape index (κ3) is 4.41. The second kappa shape index (κ2) is 7.31. The minimum atomic E-state index is -0.253. The molecule has 0 radical (unpaired) electrons. The van der Waals surface area contributed by atoms with Gasteiger partial charge in [-0.3, -0.25) is 4.79 Å². The number of morpholine rings is 1. The number of carbonyl (C=O) groups is 1. The molecule has 2 rings (SSSR count). The highest BCUT2D eigenvalue weighted by molar-refractivity contribution is 5.85. The second-order valence-corrected chi connectivity index (χ2v) is 5.51. The Bertz CT molecular complexity index is 264. The first-order valence-corrected chi connectivity index (χ1v) is 6.81. The summed E-state index contributed by atoms with van der Waals surface area (Å²) >= 11 is 0. The largest absolute Gasteiger partial charge is 0.366 e. The van der Waals surface area contributed by atoms with Crippen LogP contribution in [0.3, 0.4) is 0 Å². The summed E-state index contributed by atoms with van der Waals surface area (Å²) in [7, 11) is 0. The van der Waals surface area contributed by atoms with Gasteiger partial charge in [-0.2, -0.15) is 0 Å². The van der Waals surface area contributed by atoms with Crippen molar-refractivity contribution in [3.05, 3.63) is 0 Å². The zero-order valence-electron chi connectivity index (χ0n) is 11.4. The van der Waals surface area contributed by atoms with E-state index < -0.39 is 0 Å². The maximum Gasteiger partial charge on any atom is 0.253 e. The first kappa shape index (κ1) is 15.7. The lowest BCUT2D eigenvalue weighted by molar-refractivity contribution is -0.146. The summed E-state index contributed by atoms with van der Waals surface area (Å²) in [6.07, 6.45) is 3.17. The first-order valence-electron chi connectivity index (χ1n) is 6.81. The minimum Gasteiger partial charge on any atom is -0.366 e. The van der Waals surface area contributed by atoms with Crippen LogP contribution in [-0.2, 0) is 9.53 Å². The van der Waals surface area contributed by atoms with Crippen molar-refractivity contribution in [2.45, 2.75) is 45.3 Å². The van der Waals surface area contributed by atoms with Gasteiger partial charge in [-0.05, 0) is 25.2 Å². The van der Waals surface area contributed by atoms with E-state index >= 15 is 0 Å². The van der Waals surface area contributed by atoms with Gasteiger partial charge in [0, 0.05) is 25.7 Å². The Hall–Kier alpha value is -0.320. The molecule has 1 aliphatic carbocycles. The van der Waals surface area contributed by atoms with Crippen LogP contribution in [0.1, 0.15) is 33.1 Å². The molecule has 0 spiro atoms. The number of rotatable bonds is 5. The van der Waals surface area contributed by atoms with Crippen LogP contribution in [0.15, 0.2) is 0 Å². The Morgan fingerprint density at radius 2 is 2.17 bits per heavy atom. The Kier molecular flexibility index (Phi) is 6.39. The molecule has 0 aromatic heterocycles. The maximum absolute atomic E-state index is 12.4. The molecule has 2 fully saturated rings. The van der Waals surface area contributed by atoms with Crippen LogP contribution >= 0.6 is 12.4 Å². The van der Waals surface area contributed by atoms with Crippen LogP contribution in [0.4, 0.5) is 0 Å². The summed E-state index contributed by atoms with van der Waals surface area (Å²) in [4.78, 5) is 14.4. The second-order valence-electron chi connectivity index (χ2n) is 5.51. The molecule has 1 atom stereocenters. The van der Waals surface area contributed by atoms with Gasteiger partial charge in [-0.25, -0.2) is 0 Å². The van der Waals surface area contributed by atoms with Crippen LogP contribution in [0, 0.1) is 5.92 Å². The monoisotopic (exact) mass is 276 g/mol. The Labute approximate surface area is 116 Å². The molecule has 0 bridgehead atoms. The Morgan fingerprint density at radius 3 is 2.67 bits per heavy atom. The van der Waals surface area contributed by atoms with Crippen LogP contribution in [0.2, 0.25) is 0 Å². The predicted octanol–water partition coefficient (Wildman–Crippen LogP) is 1.43. The highest BCUT2D eigenvalue weighted by Crippen LogP contribution is 2.28. The van der Waals surface area contributed by atoms with Crippen molar-refractivity contribution >= 4 is 18.3 Å². The summed E-state index contributed by atoms with van der Waals surface area (Å²) in [5, 5.41) is 3.22. The molecule has 1 aliphatic heterocycles. The number of halogens is 1. The Morgan fingerprint density at radius 1 is 1.44 bits per heavy atom. The molecular weight excluding hydrogens is 252 g/mol. The molecule has 1 heterocycles. The van der Waals surface area contributed by atoms with Gasteiger partial charge in [0.05, 0.1) is 6.61 Å². The quantitative estimate of drug-likeness (QED) is 0.826. The highest BCUT2D eigenvalue weighted by atomic mass is 35.5. The van der Waals surface area contributed by atoms with E-state index in [1.165, 1.54) is 12.8 Å². The fourth-order valence-electron chi connectivity index (χ4n) is 2.17. The fourth-order valence-corrected chi connectivity index (χ4v) is 2.17. The lowest BCUT2D eigenvalue weighted by atomic mass is 10.1. The maximum atomic E-state index is 12.4. The molecule has 1 unspecified atom stereocenters. The Balaban J connectivity index is 0.00000162. The van der Waals surface area contributed by atoms with Crippen LogP contribution in [-0.4, -0.2) is 49.2 Å². The number of nitrogens with zero attached hydrogens (tertiary/aromatic N) is 1. The van der Waals surface area contributed by atoms with Gasteiger partial charge in [-0.1, -0.05) is 13.8 Å². The van der Waals surface area contributed by atoms with Crippen molar-refractivity contribution in [3.8, 4) is 0 Å². The van der Waals surface area contributed by atoms with Crippen molar-refractivity contribution in [1.82, 2.24) is 10.2 Å². The van der Waals surface area contributed by atoms with E-state index in [0.717, 1.165) is 19.5 Å². The lowest BCUT2D eigenvalue weighted by Crippen LogP contribution is -2.50. The molecule has 1 saturated carbocycles. The number of ether oxygens (including phenoxy) is 1. The SMILES string of the molecule is CC(C)CCN(C(=O)C1CNCCO1)C1CC1.Cl. The molecule has 5 heteroatoms. The average molecular weight is 277 g/mol. The van der Waals surface area contributed by atoms with E-state index in [-0.39, 0.29) is 24.4 Å².